The maximum Gasteiger partial charge on any atom is 0.111 e. The summed E-state index contributed by atoms with van der Waals surface area (Å²) in [5, 5.41) is 18.0. The van der Waals surface area contributed by atoms with Gasteiger partial charge in [-0.2, -0.15) is 0 Å². The van der Waals surface area contributed by atoms with E-state index in [-0.39, 0.29) is 13.2 Å². The van der Waals surface area contributed by atoms with Crippen LogP contribution in [-0.4, -0.2) is 41.7 Å². The summed E-state index contributed by atoms with van der Waals surface area (Å²) in [7, 11) is 0. The normalized spacial score (nSPS) is 40.5. The molecule has 0 amide bonds. The lowest BCUT2D eigenvalue weighted by molar-refractivity contribution is 0.00164. The molecule has 10 heavy (non-hydrogen) atoms. The third-order valence-electron chi connectivity index (χ3n) is 1.48. The summed E-state index contributed by atoms with van der Waals surface area (Å²) in [6.07, 6.45) is -2.18. The quantitative estimate of drug-likeness (QED) is 0.571. The van der Waals surface area contributed by atoms with Crippen LogP contribution in [0.2, 0.25) is 0 Å². The Balaban J connectivity index is 2.33. The number of rotatable bonds is 2. The lowest BCUT2D eigenvalue weighted by atomic mass is 10.2. The minimum Gasteiger partial charge on any atom is -0.388 e. The Morgan fingerprint density at radius 2 is 2.30 bits per heavy atom. The molecule has 0 unspecified atom stereocenters. The first-order chi connectivity index (χ1) is 4.75. The molecule has 1 fully saturated rings. The molecule has 1 rings (SSSR count). The van der Waals surface area contributed by atoms with Crippen LogP contribution >= 0.6 is 11.9 Å². The predicted octanol–water partition coefficient (Wildman–Crippen LogP) is -0.723. The van der Waals surface area contributed by atoms with E-state index in [0.717, 1.165) is 0 Å². The van der Waals surface area contributed by atoms with Crippen molar-refractivity contribution in [1.29, 1.82) is 0 Å². The molecule has 60 valence electrons. The van der Waals surface area contributed by atoms with Crippen molar-refractivity contribution >= 4 is 11.9 Å². The van der Waals surface area contributed by atoms with Gasteiger partial charge in [0, 0.05) is 0 Å². The fraction of sp³-hybridized carbons (Fsp3) is 1.00. The Morgan fingerprint density at radius 1 is 1.60 bits per heavy atom. The van der Waals surface area contributed by atoms with E-state index in [2.05, 4.69) is 4.29 Å². The topological polar surface area (TPSA) is 58.9 Å². The minimum absolute atomic E-state index is 0.0970. The van der Waals surface area contributed by atoms with E-state index in [9.17, 15) is 0 Å². The largest absolute Gasteiger partial charge is 0.388 e. The molecule has 0 aromatic rings. The summed E-state index contributed by atoms with van der Waals surface area (Å²) in [6.45, 7) is 0.242. The lowest BCUT2D eigenvalue weighted by Crippen LogP contribution is -2.32. The van der Waals surface area contributed by atoms with E-state index in [1.807, 2.05) is 0 Å². The van der Waals surface area contributed by atoms with Gasteiger partial charge in [0.2, 0.25) is 0 Å². The van der Waals surface area contributed by atoms with E-state index in [1.165, 1.54) is 0 Å². The highest BCUT2D eigenvalue weighted by Gasteiger charge is 2.34. The molecule has 0 spiro atoms. The first kappa shape index (κ1) is 8.23. The molecule has 5 heteroatoms. The maximum absolute atomic E-state index is 9.07. The second-order valence-electron chi connectivity index (χ2n) is 2.21. The summed E-state index contributed by atoms with van der Waals surface area (Å²) in [5.41, 5.74) is 0. The van der Waals surface area contributed by atoms with E-state index < -0.39 is 18.3 Å². The SMILES string of the molecule is O[C@H]1[C@@H](O)CO[C@@H]1COCl. The number of aliphatic hydroxyl groups is 2. The van der Waals surface area contributed by atoms with Crippen molar-refractivity contribution < 1.29 is 19.2 Å². The molecule has 1 aliphatic heterocycles. The molecule has 1 heterocycles. The van der Waals surface area contributed by atoms with Gasteiger partial charge in [0.05, 0.1) is 25.1 Å². The maximum atomic E-state index is 9.07. The van der Waals surface area contributed by atoms with E-state index in [4.69, 9.17) is 26.8 Å². The minimum atomic E-state index is -0.876. The van der Waals surface area contributed by atoms with Gasteiger partial charge in [-0.15, -0.1) is 0 Å². The monoisotopic (exact) mass is 168 g/mol. The summed E-state index contributed by atoms with van der Waals surface area (Å²) in [6, 6.07) is 0. The van der Waals surface area contributed by atoms with Crippen molar-refractivity contribution in [2.24, 2.45) is 0 Å². The van der Waals surface area contributed by atoms with E-state index in [1.54, 1.807) is 0 Å². The van der Waals surface area contributed by atoms with Crippen molar-refractivity contribution in [3.63, 3.8) is 0 Å². The number of halogens is 1. The summed E-state index contributed by atoms with van der Waals surface area (Å²) < 4.78 is 9.13. The second-order valence-corrected chi connectivity index (χ2v) is 2.42. The molecule has 2 N–H and O–H groups in total. The Kier molecular flexibility index (Phi) is 2.88. The average molecular weight is 169 g/mol. The molecule has 0 aromatic heterocycles. The highest BCUT2D eigenvalue weighted by atomic mass is 35.5. The molecule has 0 radical (unpaired) electrons. The second kappa shape index (κ2) is 3.50. The zero-order chi connectivity index (χ0) is 7.56. The third kappa shape index (κ3) is 1.59. The van der Waals surface area contributed by atoms with Crippen molar-refractivity contribution in [3.05, 3.63) is 0 Å². The van der Waals surface area contributed by atoms with E-state index in [0.29, 0.717) is 0 Å². The Bertz CT molecular complexity index is 108. The molecule has 3 atom stereocenters. The van der Waals surface area contributed by atoms with Crippen molar-refractivity contribution in [1.82, 2.24) is 0 Å². The van der Waals surface area contributed by atoms with Crippen LogP contribution in [0.1, 0.15) is 0 Å². The van der Waals surface area contributed by atoms with Gasteiger partial charge in [-0.25, -0.2) is 0 Å². The van der Waals surface area contributed by atoms with Crippen LogP contribution < -0.4 is 0 Å². The van der Waals surface area contributed by atoms with Crippen LogP contribution in [-0.2, 0) is 9.03 Å². The fourth-order valence-corrected chi connectivity index (χ4v) is 1.00. The number of ether oxygens (including phenoxy) is 1. The highest BCUT2D eigenvalue weighted by Crippen LogP contribution is 2.14. The summed E-state index contributed by atoms with van der Waals surface area (Å²) in [5.74, 6) is 0. The molecular formula is C5H9ClO4. The van der Waals surface area contributed by atoms with Gasteiger partial charge in [-0.05, 0) is 0 Å². The first-order valence-electron chi connectivity index (χ1n) is 2.97. The van der Waals surface area contributed by atoms with Gasteiger partial charge in [0.15, 0.2) is 0 Å². The highest BCUT2D eigenvalue weighted by molar-refractivity contribution is 6.07. The first-order valence-corrected chi connectivity index (χ1v) is 3.28. The van der Waals surface area contributed by atoms with Crippen LogP contribution in [0.5, 0.6) is 0 Å². The number of aliphatic hydroxyl groups excluding tert-OH is 2. The molecule has 0 aromatic carbocycles. The fourth-order valence-electron chi connectivity index (χ4n) is 0.876. The number of hydrogen-bond acceptors (Lipinski definition) is 4. The van der Waals surface area contributed by atoms with Crippen LogP contribution in [0.4, 0.5) is 0 Å². The molecule has 0 aliphatic carbocycles. The molecular weight excluding hydrogens is 160 g/mol. The zero-order valence-electron chi connectivity index (χ0n) is 5.24. The Hall–Kier alpha value is 0.130. The summed E-state index contributed by atoms with van der Waals surface area (Å²) in [4.78, 5) is 0. The van der Waals surface area contributed by atoms with Gasteiger partial charge >= 0.3 is 0 Å². The predicted molar refractivity (Wildman–Crippen MR) is 33.6 cm³/mol. The number of hydrogen-bond donors (Lipinski definition) is 2. The zero-order valence-corrected chi connectivity index (χ0v) is 5.99. The summed E-state index contributed by atoms with van der Waals surface area (Å²) >= 11 is 4.92. The smallest absolute Gasteiger partial charge is 0.111 e. The Morgan fingerprint density at radius 3 is 2.70 bits per heavy atom. The van der Waals surface area contributed by atoms with Gasteiger partial charge in [-0.3, -0.25) is 4.29 Å². The van der Waals surface area contributed by atoms with Gasteiger partial charge in [-0.1, -0.05) is 0 Å². The molecule has 0 bridgehead atoms. The van der Waals surface area contributed by atoms with Crippen LogP contribution in [0.15, 0.2) is 0 Å². The van der Waals surface area contributed by atoms with Crippen molar-refractivity contribution in [3.8, 4) is 0 Å². The van der Waals surface area contributed by atoms with Crippen LogP contribution in [0, 0.1) is 0 Å². The van der Waals surface area contributed by atoms with Crippen LogP contribution in [0.3, 0.4) is 0 Å². The van der Waals surface area contributed by atoms with Gasteiger partial charge < -0.3 is 14.9 Å². The lowest BCUT2D eigenvalue weighted by Gasteiger charge is -2.11. The molecule has 1 saturated heterocycles. The van der Waals surface area contributed by atoms with Gasteiger partial charge in [0.25, 0.3) is 0 Å². The molecule has 1 aliphatic rings. The Labute approximate surface area is 63.5 Å². The standard InChI is InChI=1S/C5H9ClO4/c6-10-2-4-5(8)3(7)1-9-4/h3-5,7-8H,1-2H2/t3-,4+,5-/m0/s1. The third-order valence-corrected chi connectivity index (χ3v) is 1.61. The van der Waals surface area contributed by atoms with Crippen molar-refractivity contribution in [2.75, 3.05) is 13.2 Å². The average Bonchev–Trinajstić information content (AvgIpc) is 2.20. The molecule has 4 nitrogen and oxygen atoms in total. The molecule has 0 saturated carbocycles. The van der Waals surface area contributed by atoms with Gasteiger partial charge in [0.1, 0.15) is 18.3 Å². The van der Waals surface area contributed by atoms with Crippen molar-refractivity contribution in [2.45, 2.75) is 18.3 Å². The van der Waals surface area contributed by atoms with E-state index >= 15 is 0 Å². The van der Waals surface area contributed by atoms with Crippen LogP contribution in [0.25, 0.3) is 0 Å².